The molecule has 3 nitrogen and oxygen atoms in total. The Morgan fingerprint density at radius 3 is 2.82 bits per heavy atom. The molecule has 0 saturated carbocycles. The normalized spacial score (nSPS) is 12.4. The fourth-order valence-electron chi connectivity index (χ4n) is 1.48. The maximum absolute atomic E-state index is 11.9. The molecule has 0 aliphatic rings. The monoisotopic (exact) mass is 270 g/mol. The predicted molar refractivity (Wildman–Crippen MR) is 70.6 cm³/mol. The van der Waals surface area contributed by atoms with Gasteiger partial charge in [-0.1, -0.05) is 18.5 Å². The summed E-state index contributed by atoms with van der Waals surface area (Å²) in [5.74, 6) is 0.00330. The van der Waals surface area contributed by atoms with Gasteiger partial charge in [-0.2, -0.15) is 5.26 Å². The fourth-order valence-corrected chi connectivity index (χ4v) is 2.45. The molecule has 0 amide bonds. The number of hydrogen-bond donors (Lipinski definition) is 0. The number of Topliss-reactive ketones (excluding diaryl/α,β-unsaturated/α-hetero) is 1. The van der Waals surface area contributed by atoms with Crippen LogP contribution in [-0.4, -0.2) is 30.3 Å². The van der Waals surface area contributed by atoms with E-state index in [9.17, 15) is 4.79 Å². The molecule has 0 aliphatic heterocycles. The number of carbonyl (C=O) groups is 1. The Morgan fingerprint density at radius 2 is 2.35 bits per heavy atom. The van der Waals surface area contributed by atoms with Crippen molar-refractivity contribution in [1.82, 2.24) is 4.90 Å². The summed E-state index contributed by atoms with van der Waals surface area (Å²) in [5, 5.41) is 8.76. The van der Waals surface area contributed by atoms with Crippen LogP contribution >= 0.6 is 22.9 Å². The minimum atomic E-state index is -0.0605. The molecular formula is C12H15ClN2OS. The first kappa shape index (κ1) is 14.2. The maximum atomic E-state index is 11.9. The zero-order chi connectivity index (χ0) is 12.8. The van der Waals surface area contributed by atoms with E-state index < -0.39 is 0 Å². The summed E-state index contributed by atoms with van der Waals surface area (Å²) in [6.45, 7) is 5.57. The molecule has 1 rings (SSSR count). The SMILES string of the molecule is CCN(CC(=O)c1ccc(Cl)s1)CC(C)C#N. The molecule has 0 bridgehead atoms. The van der Waals surface area contributed by atoms with Crippen molar-refractivity contribution < 1.29 is 4.79 Å². The van der Waals surface area contributed by atoms with E-state index in [1.54, 1.807) is 12.1 Å². The van der Waals surface area contributed by atoms with Gasteiger partial charge in [0.25, 0.3) is 0 Å². The average molecular weight is 271 g/mol. The topological polar surface area (TPSA) is 44.1 Å². The summed E-state index contributed by atoms with van der Waals surface area (Å²) >= 11 is 7.09. The van der Waals surface area contributed by atoms with Gasteiger partial charge in [-0.15, -0.1) is 11.3 Å². The molecule has 1 heterocycles. The van der Waals surface area contributed by atoms with Crippen LogP contribution in [0.4, 0.5) is 0 Å². The lowest BCUT2D eigenvalue weighted by Gasteiger charge is -2.20. The van der Waals surface area contributed by atoms with Crippen LogP contribution in [0.3, 0.4) is 0 Å². The third kappa shape index (κ3) is 4.47. The number of halogens is 1. The number of nitrogens with zero attached hydrogens (tertiary/aromatic N) is 2. The van der Waals surface area contributed by atoms with Crippen LogP contribution in [0.5, 0.6) is 0 Å². The second-order valence-electron chi connectivity index (χ2n) is 3.88. The van der Waals surface area contributed by atoms with E-state index in [2.05, 4.69) is 6.07 Å². The highest BCUT2D eigenvalue weighted by Gasteiger charge is 2.15. The predicted octanol–water partition coefficient (Wildman–Crippen LogP) is 3.07. The van der Waals surface area contributed by atoms with E-state index in [1.807, 2.05) is 18.7 Å². The Bertz CT molecular complexity index is 424. The van der Waals surface area contributed by atoms with Gasteiger partial charge in [-0.05, 0) is 25.6 Å². The number of rotatable bonds is 6. The van der Waals surface area contributed by atoms with Gasteiger partial charge in [0, 0.05) is 6.54 Å². The van der Waals surface area contributed by atoms with E-state index in [0.717, 1.165) is 6.54 Å². The third-order valence-corrected chi connectivity index (χ3v) is 3.69. The van der Waals surface area contributed by atoms with Crippen molar-refractivity contribution in [2.24, 2.45) is 5.92 Å². The Morgan fingerprint density at radius 1 is 1.65 bits per heavy atom. The van der Waals surface area contributed by atoms with E-state index in [1.165, 1.54) is 11.3 Å². The van der Waals surface area contributed by atoms with E-state index >= 15 is 0 Å². The lowest BCUT2D eigenvalue weighted by atomic mass is 10.2. The van der Waals surface area contributed by atoms with Crippen LogP contribution in [-0.2, 0) is 0 Å². The minimum Gasteiger partial charge on any atom is -0.295 e. The Kier molecular flexibility index (Phi) is 5.63. The summed E-state index contributed by atoms with van der Waals surface area (Å²) < 4.78 is 0.627. The number of hydrogen-bond acceptors (Lipinski definition) is 4. The Labute approximate surface area is 111 Å². The molecule has 1 aromatic heterocycles. The summed E-state index contributed by atoms with van der Waals surface area (Å²) in [6.07, 6.45) is 0. The Hall–Kier alpha value is -0.890. The molecule has 0 aliphatic carbocycles. The van der Waals surface area contributed by atoms with Gasteiger partial charge in [0.05, 0.1) is 27.7 Å². The number of ketones is 1. The average Bonchev–Trinajstić information content (AvgIpc) is 2.74. The highest BCUT2D eigenvalue weighted by Crippen LogP contribution is 2.22. The standard InChI is InChI=1S/C12H15ClN2OS/c1-3-15(7-9(2)6-14)8-10(16)11-4-5-12(13)17-11/h4-5,9H,3,7-8H2,1-2H3. The molecule has 0 spiro atoms. The number of thiophene rings is 1. The van der Waals surface area contributed by atoms with Crippen molar-refractivity contribution in [1.29, 1.82) is 5.26 Å². The van der Waals surface area contributed by atoms with Gasteiger partial charge < -0.3 is 0 Å². The summed E-state index contributed by atoms with van der Waals surface area (Å²) in [4.78, 5) is 14.6. The molecule has 1 unspecified atom stereocenters. The van der Waals surface area contributed by atoms with E-state index in [-0.39, 0.29) is 11.7 Å². The van der Waals surface area contributed by atoms with Crippen molar-refractivity contribution in [3.63, 3.8) is 0 Å². The number of nitriles is 1. The summed E-state index contributed by atoms with van der Waals surface area (Å²) in [5.41, 5.74) is 0. The van der Waals surface area contributed by atoms with Crippen LogP contribution < -0.4 is 0 Å². The molecule has 17 heavy (non-hydrogen) atoms. The molecule has 92 valence electrons. The van der Waals surface area contributed by atoms with Gasteiger partial charge >= 0.3 is 0 Å². The molecule has 1 aromatic rings. The van der Waals surface area contributed by atoms with Crippen LogP contribution in [0.2, 0.25) is 4.34 Å². The number of likely N-dealkylation sites (N-methyl/N-ethyl adjacent to an activating group) is 1. The van der Waals surface area contributed by atoms with Gasteiger partial charge in [-0.3, -0.25) is 9.69 Å². The van der Waals surface area contributed by atoms with Gasteiger partial charge in [0.2, 0.25) is 0 Å². The van der Waals surface area contributed by atoms with Crippen molar-refractivity contribution in [2.75, 3.05) is 19.6 Å². The fraction of sp³-hybridized carbons (Fsp3) is 0.500. The Balaban J connectivity index is 2.57. The molecule has 0 radical (unpaired) electrons. The second kappa shape index (κ2) is 6.75. The van der Waals surface area contributed by atoms with E-state index in [0.29, 0.717) is 22.3 Å². The van der Waals surface area contributed by atoms with Crippen molar-refractivity contribution in [3.8, 4) is 6.07 Å². The molecule has 1 atom stereocenters. The van der Waals surface area contributed by atoms with Crippen LogP contribution in [0.15, 0.2) is 12.1 Å². The molecular weight excluding hydrogens is 256 g/mol. The van der Waals surface area contributed by atoms with Gasteiger partial charge in [-0.25, -0.2) is 0 Å². The molecule has 0 N–H and O–H groups in total. The lowest BCUT2D eigenvalue weighted by molar-refractivity contribution is 0.0933. The summed E-state index contributed by atoms with van der Waals surface area (Å²) in [6, 6.07) is 5.65. The highest BCUT2D eigenvalue weighted by molar-refractivity contribution is 7.18. The second-order valence-corrected chi connectivity index (χ2v) is 5.60. The molecule has 0 aromatic carbocycles. The lowest BCUT2D eigenvalue weighted by Crippen LogP contribution is -2.33. The zero-order valence-corrected chi connectivity index (χ0v) is 11.5. The quantitative estimate of drug-likeness (QED) is 0.746. The highest BCUT2D eigenvalue weighted by atomic mass is 35.5. The van der Waals surface area contributed by atoms with Crippen molar-refractivity contribution in [3.05, 3.63) is 21.3 Å². The van der Waals surface area contributed by atoms with Crippen molar-refractivity contribution >= 4 is 28.7 Å². The maximum Gasteiger partial charge on any atom is 0.186 e. The number of carbonyl (C=O) groups excluding carboxylic acids is 1. The summed E-state index contributed by atoms with van der Waals surface area (Å²) in [7, 11) is 0. The third-order valence-electron chi connectivity index (χ3n) is 2.41. The molecule has 0 saturated heterocycles. The van der Waals surface area contributed by atoms with Gasteiger partial charge in [0.1, 0.15) is 0 Å². The van der Waals surface area contributed by atoms with Crippen LogP contribution in [0, 0.1) is 17.2 Å². The van der Waals surface area contributed by atoms with Crippen LogP contribution in [0.1, 0.15) is 23.5 Å². The largest absolute Gasteiger partial charge is 0.295 e. The first-order chi connectivity index (χ1) is 8.06. The molecule has 5 heteroatoms. The van der Waals surface area contributed by atoms with E-state index in [4.69, 9.17) is 16.9 Å². The minimum absolute atomic E-state index is 0.0605. The first-order valence-corrected chi connectivity index (χ1v) is 6.66. The smallest absolute Gasteiger partial charge is 0.186 e. The molecule has 0 fully saturated rings. The zero-order valence-electron chi connectivity index (χ0n) is 9.94. The van der Waals surface area contributed by atoms with Crippen molar-refractivity contribution in [2.45, 2.75) is 13.8 Å². The van der Waals surface area contributed by atoms with Gasteiger partial charge in [0.15, 0.2) is 5.78 Å². The first-order valence-electron chi connectivity index (χ1n) is 5.47. The van der Waals surface area contributed by atoms with Crippen LogP contribution in [0.25, 0.3) is 0 Å².